The summed E-state index contributed by atoms with van der Waals surface area (Å²) in [4.78, 5) is 34.5. The van der Waals surface area contributed by atoms with Gasteiger partial charge in [0.1, 0.15) is 0 Å². The zero-order chi connectivity index (χ0) is 16.8. The Bertz CT molecular complexity index is 562. The van der Waals surface area contributed by atoms with Crippen molar-refractivity contribution >= 4 is 29.1 Å². The lowest BCUT2D eigenvalue weighted by Crippen LogP contribution is -2.36. The first-order chi connectivity index (χ1) is 10.2. The summed E-state index contributed by atoms with van der Waals surface area (Å²) >= 11 is 0. The molecule has 0 unspecified atom stereocenters. The zero-order valence-electron chi connectivity index (χ0n) is 13.4. The van der Waals surface area contributed by atoms with Crippen molar-refractivity contribution in [3.8, 4) is 0 Å². The number of hydrogen-bond acceptors (Lipinski definition) is 3. The Morgan fingerprint density at radius 2 is 1.64 bits per heavy atom. The highest BCUT2D eigenvalue weighted by Crippen LogP contribution is 2.15. The highest BCUT2D eigenvalue weighted by atomic mass is 16.2. The smallest absolute Gasteiger partial charge is 0.226 e. The van der Waals surface area contributed by atoms with Crippen molar-refractivity contribution in [1.82, 2.24) is 5.32 Å². The van der Waals surface area contributed by atoms with Crippen molar-refractivity contribution < 1.29 is 14.4 Å². The van der Waals surface area contributed by atoms with Gasteiger partial charge in [-0.2, -0.15) is 0 Å². The van der Waals surface area contributed by atoms with E-state index >= 15 is 0 Å². The molecule has 0 fully saturated rings. The van der Waals surface area contributed by atoms with Gasteiger partial charge in [0.15, 0.2) is 0 Å². The Morgan fingerprint density at radius 1 is 1.05 bits per heavy atom. The Kier molecular flexibility index (Phi) is 6.10. The lowest BCUT2D eigenvalue weighted by atomic mass is 9.96. The molecule has 1 rings (SSSR count). The molecule has 0 bridgehead atoms. The van der Waals surface area contributed by atoms with E-state index in [-0.39, 0.29) is 30.7 Å². The van der Waals surface area contributed by atoms with Gasteiger partial charge in [0.25, 0.3) is 0 Å². The van der Waals surface area contributed by atoms with Crippen LogP contribution in [0.4, 0.5) is 11.4 Å². The van der Waals surface area contributed by atoms with Gasteiger partial charge < -0.3 is 16.0 Å². The summed E-state index contributed by atoms with van der Waals surface area (Å²) in [7, 11) is 0. The number of amides is 3. The van der Waals surface area contributed by atoms with Crippen molar-refractivity contribution in [2.24, 2.45) is 5.41 Å². The van der Waals surface area contributed by atoms with Crippen LogP contribution in [-0.2, 0) is 14.4 Å². The predicted octanol–water partition coefficient (Wildman–Crippen LogP) is 2.14. The maximum absolute atomic E-state index is 11.8. The van der Waals surface area contributed by atoms with Gasteiger partial charge in [-0.3, -0.25) is 14.4 Å². The molecule has 0 saturated heterocycles. The molecule has 0 aliphatic carbocycles. The molecule has 0 aliphatic rings. The molecule has 0 aromatic heterocycles. The highest BCUT2D eigenvalue weighted by molar-refractivity contribution is 5.93. The van der Waals surface area contributed by atoms with E-state index in [9.17, 15) is 14.4 Å². The van der Waals surface area contributed by atoms with Gasteiger partial charge in [-0.15, -0.1) is 0 Å². The third-order valence-electron chi connectivity index (χ3n) is 2.79. The predicted molar refractivity (Wildman–Crippen MR) is 86.5 cm³/mol. The minimum atomic E-state index is -0.469. The van der Waals surface area contributed by atoms with Gasteiger partial charge in [0.2, 0.25) is 17.7 Å². The topological polar surface area (TPSA) is 87.3 Å². The van der Waals surface area contributed by atoms with Crippen molar-refractivity contribution in [3.05, 3.63) is 24.3 Å². The summed E-state index contributed by atoms with van der Waals surface area (Å²) in [6, 6.07) is 6.88. The number of carbonyl (C=O) groups is 3. The lowest BCUT2D eigenvalue weighted by Gasteiger charge is -2.17. The van der Waals surface area contributed by atoms with Crippen molar-refractivity contribution in [3.63, 3.8) is 0 Å². The molecule has 120 valence electrons. The second-order valence-corrected chi connectivity index (χ2v) is 6.07. The van der Waals surface area contributed by atoms with E-state index in [1.54, 1.807) is 24.3 Å². The fourth-order valence-electron chi connectivity index (χ4n) is 1.66. The van der Waals surface area contributed by atoms with Crippen LogP contribution in [0.2, 0.25) is 0 Å². The third kappa shape index (κ3) is 6.39. The molecule has 0 aliphatic heterocycles. The summed E-state index contributed by atoms with van der Waals surface area (Å²) in [6.45, 7) is 7.15. The van der Waals surface area contributed by atoms with E-state index in [1.807, 2.05) is 20.8 Å². The van der Waals surface area contributed by atoms with E-state index in [0.717, 1.165) is 0 Å². The van der Waals surface area contributed by atoms with Crippen LogP contribution in [0.3, 0.4) is 0 Å². The summed E-state index contributed by atoms with van der Waals surface area (Å²) in [5, 5.41) is 8.09. The molecule has 22 heavy (non-hydrogen) atoms. The van der Waals surface area contributed by atoms with Gasteiger partial charge in [0.05, 0.1) is 0 Å². The molecule has 6 heteroatoms. The van der Waals surface area contributed by atoms with Gasteiger partial charge in [-0.05, 0) is 18.2 Å². The molecular weight excluding hydrogens is 282 g/mol. The van der Waals surface area contributed by atoms with Crippen LogP contribution in [0.25, 0.3) is 0 Å². The number of benzene rings is 1. The highest BCUT2D eigenvalue weighted by Gasteiger charge is 2.20. The van der Waals surface area contributed by atoms with E-state index < -0.39 is 5.41 Å². The molecule has 0 heterocycles. The molecule has 3 N–H and O–H groups in total. The van der Waals surface area contributed by atoms with Crippen LogP contribution < -0.4 is 16.0 Å². The van der Waals surface area contributed by atoms with Gasteiger partial charge in [0, 0.05) is 36.7 Å². The third-order valence-corrected chi connectivity index (χ3v) is 2.79. The molecule has 1 aromatic rings. The molecule has 0 radical (unpaired) electrons. The average Bonchev–Trinajstić information content (AvgIpc) is 2.36. The molecule has 6 nitrogen and oxygen atoms in total. The first-order valence-electron chi connectivity index (χ1n) is 7.14. The largest absolute Gasteiger partial charge is 0.355 e. The molecular formula is C16H23N3O3. The normalized spacial score (nSPS) is 10.7. The fraction of sp³-hybridized carbons (Fsp3) is 0.438. The zero-order valence-corrected chi connectivity index (χ0v) is 13.4. The minimum absolute atomic E-state index is 0.0899. The van der Waals surface area contributed by atoms with E-state index in [2.05, 4.69) is 16.0 Å². The second kappa shape index (κ2) is 7.59. The first-order valence-corrected chi connectivity index (χ1v) is 7.14. The van der Waals surface area contributed by atoms with Crippen molar-refractivity contribution in [1.29, 1.82) is 0 Å². The lowest BCUT2D eigenvalue weighted by molar-refractivity contribution is -0.128. The number of nitrogens with one attached hydrogen (secondary N) is 3. The maximum atomic E-state index is 11.8. The molecule has 0 atom stereocenters. The minimum Gasteiger partial charge on any atom is -0.355 e. The fourth-order valence-corrected chi connectivity index (χ4v) is 1.66. The van der Waals surface area contributed by atoms with E-state index in [0.29, 0.717) is 11.4 Å². The Morgan fingerprint density at radius 3 is 2.18 bits per heavy atom. The van der Waals surface area contributed by atoms with Gasteiger partial charge >= 0.3 is 0 Å². The average molecular weight is 305 g/mol. The van der Waals surface area contributed by atoms with Crippen LogP contribution in [0, 0.1) is 5.41 Å². The number of anilines is 2. The molecule has 0 spiro atoms. The van der Waals surface area contributed by atoms with Crippen molar-refractivity contribution in [2.45, 2.75) is 34.1 Å². The molecule has 3 amide bonds. The number of hydrogen-bond donors (Lipinski definition) is 3. The Balaban J connectivity index is 2.45. The standard InChI is InChI=1S/C16H23N3O3/c1-11(20)18-12-6-5-7-13(10-12)19-14(21)8-9-17-15(22)16(2,3)4/h5-7,10H,8-9H2,1-4H3,(H,17,22)(H,18,20)(H,19,21). The summed E-state index contributed by atoms with van der Waals surface area (Å²) in [6.07, 6.45) is 0.187. The van der Waals surface area contributed by atoms with Crippen LogP contribution in [0.1, 0.15) is 34.1 Å². The Labute approximate surface area is 130 Å². The SMILES string of the molecule is CC(=O)Nc1cccc(NC(=O)CCNC(=O)C(C)(C)C)c1. The number of rotatable bonds is 5. The number of carbonyl (C=O) groups excluding carboxylic acids is 3. The van der Waals surface area contributed by atoms with Crippen LogP contribution in [0.15, 0.2) is 24.3 Å². The summed E-state index contributed by atoms with van der Waals surface area (Å²) in [5.41, 5.74) is 0.744. The second-order valence-electron chi connectivity index (χ2n) is 6.07. The maximum Gasteiger partial charge on any atom is 0.226 e. The van der Waals surface area contributed by atoms with Crippen LogP contribution in [-0.4, -0.2) is 24.3 Å². The van der Waals surface area contributed by atoms with E-state index in [1.165, 1.54) is 6.92 Å². The van der Waals surface area contributed by atoms with Gasteiger partial charge in [-0.1, -0.05) is 26.8 Å². The molecule has 0 saturated carbocycles. The van der Waals surface area contributed by atoms with Crippen molar-refractivity contribution in [2.75, 3.05) is 17.2 Å². The van der Waals surface area contributed by atoms with E-state index in [4.69, 9.17) is 0 Å². The summed E-state index contributed by atoms with van der Waals surface area (Å²) < 4.78 is 0. The summed E-state index contributed by atoms with van der Waals surface area (Å²) in [5.74, 6) is -0.462. The first kappa shape index (κ1) is 17.7. The quantitative estimate of drug-likeness (QED) is 0.779. The van der Waals surface area contributed by atoms with Crippen LogP contribution >= 0.6 is 0 Å². The van der Waals surface area contributed by atoms with Crippen LogP contribution in [0.5, 0.6) is 0 Å². The molecule has 1 aromatic carbocycles. The Hall–Kier alpha value is -2.37. The van der Waals surface area contributed by atoms with Gasteiger partial charge in [-0.25, -0.2) is 0 Å². The monoisotopic (exact) mass is 305 g/mol.